The summed E-state index contributed by atoms with van der Waals surface area (Å²) in [5, 5.41) is 3.74. The van der Waals surface area contributed by atoms with E-state index in [-0.39, 0.29) is 0 Å². The highest BCUT2D eigenvalue weighted by Gasteiger charge is 2.18. The smallest absolute Gasteiger partial charge is 0.0375 e. The lowest BCUT2D eigenvalue weighted by atomic mass is 9.90. The van der Waals surface area contributed by atoms with Gasteiger partial charge in [0.25, 0.3) is 0 Å². The van der Waals surface area contributed by atoms with E-state index in [1.54, 1.807) is 11.1 Å². The van der Waals surface area contributed by atoms with Gasteiger partial charge in [-0.1, -0.05) is 12.1 Å². The summed E-state index contributed by atoms with van der Waals surface area (Å²) in [6.45, 7) is 3.67. The fourth-order valence-electron chi connectivity index (χ4n) is 3.64. The van der Waals surface area contributed by atoms with Crippen LogP contribution in [0.25, 0.3) is 0 Å². The van der Waals surface area contributed by atoms with Gasteiger partial charge in [-0.15, -0.1) is 0 Å². The van der Waals surface area contributed by atoms with E-state index < -0.39 is 0 Å². The van der Waals surface area contributed by atoms with Crippen LogP contribution in [0.5, 0.6) is 0 Å². The fraction of sp³-hybridized carbons (Fsp3) is 0.647. The molecule has 1 saturated heterocycles. The van der Waals surface area contributed by atoms with Crippen molar-refractivity contribution in [2.45, 2.75) is 38.5 Å². The maximum Gasteiger partial charge on any atom is 0.0375 e. The molecule has 0 saturated carbocycles. The summed E-state index contributed by atoms with van der Waals surface area (Å²) in [4.78, 5) is 2.47. The van der Waals surface area contributed by atoms with E-state index in [0.717, 1.165) is 12.5 Å². The van der Waals surface area contributed by atoms with Crippen LogP contribution < -0.4 is 5.32 Å². The van der Waals surface area contributed by atoms with Crippen LogP contribution in [-0.2, 0) is 12.8 Å². The second kappa shape index (κ2) is 5.96. The van der Waals surface area contributed by atoms with Gasteiger partial charge in [-0.25, -0.2) is 0 Å². The van der Waals surface area contributed by atoms with Crippen molar-refractivity contribution < 1.29 is 0 Å². The lowest BCUT2D eigenvalue weighted by molar-refractivity contribution is 0.217. The average Bonchev–Trinajstić information content (AvgIpc) is 2.45. The first kappa shape index (κ1) is 13.0. The summed E-state index contributed by atoms with van der Waals surface area (Å²) in [5.41, 5.74) is 4.58. The van der Waals surface area contributed by atoms with E-state index in [1.807, 2.05) is 0 Å². The third-order valence-corrected chi connectivity index (χ3v) is 4.70. The molecule has 1 heterocycles. The number of benzene rings is 1. The zero-order valence-electron chi connectivity index (χ0n) is 12.1. The molecule has 0 amide bonds. The number of anilines is 1. The van der Waals surface area contributed by atoms with E-state index in [1.165, 1.54) is 57.3 Å². The predicted octanol–water partition coefficient (Wildman–Crippen LogP) is 3.32. The number of aryl methyl sites for hydroxylation is 1. The number of hydrogen-bond donors (Lipinski definition) is 1. The topological polar surface area (TPSA) is 15.3 Å². The van der Waals surface area contributed by atoms with E-state index in [0.29, 0.717) is 0 Å². The first-order valence-corrected chi connectivity index (χ1v) is 7.86. The van der Waals surface area contributed by atoms with Crippen LogP contribution >= 0.6 is 0 Å². The summed E-state index contributed by atoms with van der Waals surface area (Å²) in [6.07, 6.45) is 8.00. The molecule has 1 atom stereocenters. The fourth-order valence-corrected chi connectivity index (χ4v) is 3.64. The zero-order chi connectivity index (χ0) is 13.1. The molecule has 104 valence electrons. The molecule has 0 aromatic heterocycles. The summed E-state index contributed by atoms with van der Waals surface area (Å²) in [7, 11) is 2.25. The van der Waals surface area contributed by atoms with Gasteiger partial charge in [-0.3, -0.25) is 0 Å². The molecule has 0 bridgehead atoms. The summed E-state index contributed by atoms with van der Waals surface area (Å²) >= 11 is 0. The molecule has 1 N–H and O–H groups in total. The van der Waals surface area contributed by atoms with Crippen molar-refractivity contribution in [2.75, 3.05) is 32.0 Å². The van der Waals surface area contributed by atoms with Gasteiger partial charge in [0.15, 0.2) is 0 Å². The average molecular weight is 258 g/mol. The summed E-state index contributed by atoms with van der Waals surface area (Å²) < 4.78 is 0. The highest BCUT2D eigenvalue weighted by molar-refractivity contribution is 5.55. The molecular weight excluding hydrogens is 232 g/mol. The number of rotatable bonds is 3. The highest BCUT2D eigenvalue weighted by atomic mass is 15.1. The van der Waals surface area contributed by atoms with E-state index in [2.05, 4.69) is 35.5 Å². The van der Waals surface area contributed by atoms with Crippen molar-refractivity contribution >= 4 is 5.69 Å². The van der Waals surface area contributed by atoms with Gasteiger partial charge in [-0.2, -0.15) is 0 Å². The van der Waals surface area contributed by atoms with E-state index in [9.17, 15) is 0 Å². The van der Waals surface area contributed by atoms with Gasteiger partial charge < -0.3 is 10.2 Å². The van der Waals surface area contributed by atoms with Gasteiger partial charge in [0.05, 0.1) is 0 Å². The summed E-state index contributed by atoms with van der Waals surface area (Å²) in [5.74, 6) is 0.818. The Bertz CT molecular complexity index is 427. The van der Waals surface area contributed by atoms with Crippen molar-refractivity contribution in [3.8, 4) is 0 Å². The minimum atomic E-state index is 0.818. The Morgan fingerprint density at radius 2 is 2.11 bits per heavy atom. The monoisotopic (exact) mass is 258 g/mol. The molecule has 1 fully saturated rings. The Labute approximate surface area is 117 Å². The van der Waals surface area contributed by atoms with Gasteiger partial charge >= 0.3 is 0 Å². The Hall–Kier alpha value is -1.02. The van der Waals surface area contributed by atoms with Crippen LogP contribution in [0.1, 0.15) is 36.8 Å². The van der Waals surface area contributed by atoms with Crippen LogP contribution in [-0.4, -0.2) is 31.6 Å². The van der Waals surface area contributed by atoms with Gasteiger partial charge in [0.2, 0.25) is 0 Å². The molecule has 1 aliphatic heterocycles. The molecule has 1 aromatic rings. The SMILES string of the molecule is CN1CCCC(CNc2cccc3c2CCCC3)C1. The van der Waals surface area contributed by atoms with Crippen molar-refractivity contribution in [2.24, 2.45) is 5.92 Å². The summed E-state index contributed by atoms with van der Waals surface area (Å²) in [6, 6.07) is 6.81. The molecule has 19 heavy (non-hydrogen) atoms. The third kappa shape index (κ3) is 3.11. The minimum Gasteiger partial charge on any atom is -0.384 e. The number of likely N-dealkylation sites (tertiary alicyclic amines) is 1. The van der Waals surface area contributed by atoms with Gasteiger partial charge in [0, 0.05) is 18.8 Å². The highest BCUT2D eigenvalue weighted by Crippen LogP contribution is 2.28. The Kier molecular flexibility index (Phi) is 4.07. The van der Waals surface area contributed by atoms with Crippen LogP contribution in [0.15, 0.2) is 18.2 Å². The van der Waals surface area contributed by atoms with Gasteiger partial charge in [0.1, 0.15) is 0 Å². The maximum absolute atomic E-state index is 3.74. The molecule has 1 aliphatic carbocycles. The largest absolute Gasteiger partial charge is 0.384 e. The molecular formula is C17H26N2. The molecule has 2 heteroatoms. The third-order valence-electron chi connectivity index (χ3n) is 4.70. The predicted molar refractivity (Wildman–Crippen MR) is 81.8 cm³/mol. The van der Waals surface area contributed by atoms with E-state index >= 15 is 0 Å². The number of nitrogens with zero attached hydrogens (tertiary/aromatic N) is 1. The molecule has 3 rings (SSSR count). The lowest BCUT2D eigenvalue weighted by Gasteiger charge is -2.30. The quantitative estimate of drug-likeness (QED) is 0.894. The zero-order valence-corrected chi connectivity index (χ0v) is 12.1. The van der Waals surface area contributed by atoms with Crippen LogP contribution in [0, 0.1) is 5.92 Å². The van der Waals surface area contributed by atoms with Crippen molar-refractivity contribution in [1.29, 1.82) is 0 Å². The number of nitrogens with one attached hydrogen (secondary N) is 1. The molecule has 1 aromatic carbocycles. The number of hydrogen-bond acceptors (Lipinski definition) is 2. The normalized spacial score (nSPS) is 23.9. The molecule has 2 nitrogen and oxygen atoms in total. The first-order chi connectivity index (χ1) is 9.33. The van der Waals surface area contributed by atoms with E-state index in [4.69, 9.17) is 0 Å². The Balaban J connectivity index is 1.63. The van der Waals surface area contributed by atoms with Crippen molar-refractivity contribution in [3.05, 3.63) is 29.3 Å². The van der Waals surface area contributed by atoms with Gasteiger partial charge in [-0.05, 0) is 75.2 Å². The second-order valence-corrected chi connectivity index (χ2v) is 6.30. The lowest BCUT2D eigenvalue weighted by Crippen LogP contribution is -2.35. The van der Waals surface area contributed by atoms with Crippen LogP contribution in [0.4, 0.5) is 5.69 Å². The van der Waals surface area contributed by atoms with Crippen molar-refractivity contribution in [1.82, 2.24) is 4.90 Å². The van der Waals surface area contributed by atoms with Crippen molar-refractivity contribution in [3.63, 3.8) is 0 Å². The minimum absolute atomic E-state index is 0.818. The Morgan fingerprint density at radius 3 is 3.00 bits per heavy atom. The molecule has 1 unspecified atom stereocenters. The maximum atomic E-state index is 3.74. The standard InChI is InChI=1S/C17H26N2/c1-19-11-5-6-14(13-19)12-18-17-10-4-8-15-7-2-3-9-16(15)17/h4,8,10,14,18H,2-3,5-7,9,11-13H2,1H3. The molecule has 0 radical (unpaired) electrons. The van der Waals surface area contributed by atoms with Crippen LogP contribution in [0.2, 0.25) is 0 Å². The molecule has 2 aliphatic rings. The molecule has 0 spiro atoms. The first-order valence-electron chi connectivity index (χ1n) is 7.86. The number of piperidine rings is 1. The number of fused-ring (bicyclic) bond motifs is 1. The second-order valence-electron chi connectivity index (χ2n) is 6.30. The Morgan fingerprint density at radius 1 is 1.21 bits per heavy atom. The van der Waals surface area contributed by atoms with Crippen LogP contribution in [0.3, 0.4) is 0 Å².